The molecule has 0 saturated carbocycles. The first-order valence-electron chi connectivity index (χ1n) is 26.7. The van der Waals surface area contributed by atoms with Crippen molar-refractivity contribution < 1.29 is 43.2 Å². The van der Waals surface area contributed by atoms with Gasteiger partial charge in [-0.2, -0.15) is 0 Å². The zero-order valence-corrected chi connectivity index (χ0v) is 43.8. The quantitative estimate of drug-likeness (QED) is 0.0870. The fraction of sp³-hybridized carbons (Fsp3) is 0.483. The number of nitrogens with two attached hydrogens (primary N) is 2. The molecule has 5 aliphatic heterocycles. The van der Waals surface area contributed by atoms with Gasteiger partial charge in [-0.3, -0.25) is 29.0 Å². The molecule has 7 N–H and O–H groups in total. The maximum Gasteiger partial charge on any atom is 0.251 e. The molecule has 4 amide bonds. The van der Waals surface area contributed by atoms with Gasteiger partial charge in [-0.25, -0.2) is 9.98 Å². The highest BCUT2D eigenvalue weighted by Crippen LogP contribution is 2.47. The second kappa shape index (κ2) is 20.6. The maximum atomic E-state index is 14.5. The van der Waals surface area contributed by atoms with Gasteiger partial charge in [0.25, 0.3) is 11.8 Å². The number of hydrogen-bond acceptors (Lipinski definition) is 13. The molecule has 0 aromatic heterocycles. The van der Waals surface area contributed by atoms with Gasteiger partial charge in [0, 0.05) is 66.0 Å². The Morgan fingerprint density at radius 3 is 2.01 bits per heavy atom. The maximum absolute atomic E-state index is 14.5. The van der Waals surface area contributed by atoms with Crippen LogP contribution in [0.15, 0.2) is 88.8 Å². The van der Waals surface area contributed by atoms with Gasteiger partial charge < -0.3 is 46.2 Å². The summed E-state index contributed by atoms with van der Waals surface area (Å²) in [6, 6.07) is 21.9. The highest BCUT2D eigenvalue weighted by molar-refractivity contribution is 6.01. The zero-order valence-electron chi connectivity index (χ0n) is 43.8. The van der Waals surface area contributed by atoms with Crippen molar-refractivity contribution in [2.24, 2.45) is 33.3 Å². The lowest BCUT2D eigenvalue weighted by atomic mass is 9.84. The summed E-state index contributed by atoms with van der Waals surface area (Å²) < 4.78 is 25.1. The lowest BCUT2D eigenvalue weighted by molar-refractivity contribution is -0.134. The summed E-state index contributed by atoms with van der Waals surface area (Å²) in [6.45, 7) is 11.0. The molecule has 17 nitrogen and oxygen atoms in total. The van der Waals surface area contributed by atoms with E-state index in [0.29, 0.717) is 104 Å². The Hall–Kier alpha value is -6.98. The summed E-state index contributed by atoms with van der Waals surface area (Å²) in [5, 5.41) is 17.4. The van der Waals surface area contributed by atoms with E-state index in [4.69, 9.17) is 40.4 Å². The first kappa shape index (κ1) is 51.5. The zero-order chi connectivity index (χ0) is 52.9. The molecule has 0 radical (unpaired) electrons. The topological polar surface area (TPSA) is 233 Å². The van der Waals surface area contributed by atoms with Crippen LogP contribution in [-0.2, 0) is 27.2 Å². The van der Waals surface area contributed by atoms with E-state index >= 15 is 0 Å². The summed E-state index contributed by atoms with van der Waals surface area (Å²) in [5.74, 6) is 0.656. The monoisotopic (exact) mass is 1020 g/mol. The Bertz CT molecular complexity index is 2950. The van der Waals surface area contributed by atoms with Crippen LogP contribution in [-0.4, -0.2) is 101 Å². The van der Waals surface area contributed by atoms with Crippen LogP contribution in [0.5, 0.6) is 17.2 Å². The number of methoxy groups -OCH3 is 1. The molecule has 5 heterocycles. The van der Waals surface area contributed by atoms with Gasteiger partial charge >= 0.3 is 0 Å². The van der Waals surface area contributed by atoms with Gasteiger partial charge in [0.2, 0.25) is 11.8 Å². The van der Waals surface area contributed by atoms with Gasteiger partial charge in [0.15, 0.2) is 11.9 Å². The second-order valence-electron chi connectivity index (χ2n) is 21.4. The van der Waals surface area contributed by atoms with Crippen molar-refractivity contribution in [2.75, 3.05) is 26.9 Å². The van der Waals surface area contributed by atoms with Crippen molar-refractivity contribution in [1.82, 2.24) is 20.4 Å². The molecule has 1 aliphatic carbocycles. The number of nitrogens with zero attached hydrogens (tertiary/aromatic N) is 4. The number of nitrogens with one attached hydrogen (secondary N) is 2. The number of ether oxygens (including phenoxy) is 4. The summed E-state index contributed by atoms with van der Waals surface area (Å²) in [7, 11) is 1.61. The van der Waals surface area contributed by atoms with Gasteiger partial charge in [0.05, 0.1) is 74.0 Å². The molecule has 0 spiro atoms. The first-order chi connectivity index (χ1) is 36.1. The van der Waals surface area contributed by atoms with Crippen LogP contribution in [0, 0.1) is 11.8 Å². The molecule has 0 fully saturated rings. The van der Waals surface area contributed by atoms with Crippen LogP contribution < -0.4 is 36.3 Å². The minimum Gasteiger partial charge on any atom is -0.493 e. The average Bonchev–Trinajstić information content (AvgIpc) is 3.75. The Morgan fingerprint density at radius 2 is 1.36 bits per heavy atom. The van der Waals surface area contributed by atoms with Crippen molar-refractivity contribution in [3.05, 3.63) is 123 Å². The van der Waals surface area contributed by atoms with Crippen molar-refractivity contribution in [1.29, 1.82) is 0 Å². The van der Waals surface area contributed by atoms with E-state index in [-0.39, 0.29) is 60.2 Å². The molecule has 17 heteroatoms. The molecule has 4 aromatic carbocycles. The molecule has 0 bridgehead atoms. The molecule has 4 aromatic rings. The third kappa shape index (κ3) is 9.46. The van der Waals surface area contributed by atoms with E-state index in [2.05, 4.69) is 10.6 Å². The molecular weight excluding hydrogens is 953 g/mol. The highest BCUT2D eigenvalue weighted by Gasteiger charge is 2.47. The van der Waals surface area contributed by atoms with E-state index < -0.39 is 47.5 Å². The Kier molecular flexibility index (Phi) is 14.2. The van der Waals surface area contributed by atoms with Gasteiger partial charge in [-0.1, -0.05) is 77.1 Å². The number of guanidine groups is 2. The standard InChI is InChI=1S/C58H70N8O9/c1-7-57(8-2)27-47(68)65(55(59)63-57)43-26-38(75-46-21-19-35(23-41(43)46)54(71)62-50-39-16-12-11-14-33(39)25-44(50)67)22-34-15-13-17-40-49(32(5)29-74-52(34)40)61-53(70)36-18-20-45-42(24-36)51(37(30-72-6)31-73-45)66-48(69)28-58(9-3,10-4)64-56(66)60/h11-21,23-24,32,37-38,43-44,49-51,67H,7-10,22,25-31H2,1-6H3,(H2,59,63)(H2,60,64)(H,61,70)(H,62,71)/t32-,37+,38+,43+,44+,49-,50+,51+/m0/s1. The lowest BCUT2D eigenvalue weighted by Crippen LogP contribution is -2.55. The number of carbonyl (C=O) groups is 4. The van der Waals surface area contributed by atoms with Gasteiger partial charge in [-0.15, -0.1) is 0 Å². The first-order valence-corrected chi connectivity index (χ1v) is 26.7. The predicted molar refractivity (Wildman–Crippen MR) is 282 cm³/mol. The van der Waals surface area contributed by atoms with E-state index in [1.165, 1.54) is 0 Å². The summed E-state index contributed by atoms with van der Waals surface area (Å²) in [5.41, 5.74) is 17.9. The fourth-order valence-electron chi connectivity index (χ4n) is 12.4. The van der Waals surface area contributed by atoms with Crippen LogP contribution in [0.1, 0.15) is 158 Å². The smallest absolute Gasteiger partial charge is 0.251 e. The molecular formula is C58H70N8O9. The van der Waals surface area contributed by atoms with Gasteiger partial charge in [-0.05, 0) is 78.8 Å². The number of amides is 4. The number of hydrogen-bond donors (Lipinski definition) is 5. The molecule has 75 heavy (non-hydrogen) atoms. The van der Waals surface area contributed by atoms with Crippen molar-refractivity contribution in [3.8, 4) is 17.2 Å². The molecule has 6 aliphatic rings. The summed E-state index contributed by atoms with van der Waals surface area (Å²) in [4.78, 5) is 69.9. The fourth-order valence-corrected chi connectivity index (χ4v) is 12.4. The number of aliphatic imine (C=N–C) groups is 2. The molecule has 10 rings (SSSR count). The van der Waals surface area contributed by atoms with E-state index in [9.17, 15) is 24.3 Å². The number of benzene rings is 4. The molecule has 0 unspecified atom stereocenters. The van der Waals surface area contributed by atoms with Crippen molar-refractivity contribution in [2.45, 2.75) is 140 Å². The van der Waals surface area contributed by atoms with E-state index in [0.717, 1.165) is 22.3 Å². The lowest BCUT2D eigenvalue weighted by Gasteiger charge is -2.44. The number of aliphatic hydroxyl groups is 1. The summed E-state index contributed by atoms with van der Waals surface area (Å²) in [6.07, 6.45) is 2.99. The highest BCUT2D eigenvalue weighted by atomic mass is 16.5. The average molecular weight is 1020 g/mol. The summed E-state index contributed by atoms with van der Waals surface area (Å²) >= 11 is 0. The largest absolute Gasteiger partial charge is 0.493 e. The predicted octanol–water partition coefficient (Wildman–Crippen LogP) is 6.92. The SMILES string of the molecule is CCC1(CC)CC(=O)N([C@@H]2C[C@@H](Cc3cccc4c3OC[C@H](C)[C@@H]4NC(=O)c3ccc4c(c3)[C@H](N3C(=O)CC(CC)(CC)N=C3N)[C@H](COC)CO4)Oc3ccc(C(=O)N[C@@H]4c5ccccc5C[C@H]4O)cc32)C(N)=N1. The normalized spacial score (nSPS) is 26.2. The van der Waals surface area contributed by atoms with Crippen LogP contribution in [0.4, 0.5) is 0 Å². The second-order valence-corrected chi connectivity index (χ2v) is 21.4. The van der Waals surface area contributed by atoms with Crippen LogP contribution >= 0.6 is 0 Å². The number of aliphatic hydroxyl groups excluding tert-OH is 1. The number of rotatable bonds is 14. The Labute approximate surface area is 438 Å². The minimum absolute atomic E-state index is 0.109. The van der Waals surface area contributed by atoms with E-state index in [1.54, 1.807) is 53.3 Å². The van der Waals surface area contributed by atoms with Crippen LogP contribution in [0.3, 0.4) is 0 Å². The molecule has 396 valence electrons. The number of para-hydroxylation sites is 1. The molecule has 0 saturated heterocycles. The van der Waals surface area contributed by atoms with Gasteiger partial charge in [0.1, 0.15) is 23.4 Å². The third-order valence-electron chi connectivity index (χ3n) is 16.9. The van der Waals surface area contributed by atoms with Crippen LogP contribution in [0.25, 0.3) is 0 Å². The third-order valence-corrected chi connectivity index (χ3v) is 16.9. The number of fused-ring (bicyclic) bond motifs is 4. The van der Waals surface area contributed by atoms with Crippen molar-refractivity contribution >= 4 is 35.5 Å². The Balaban J connectivity index is 0.923. The minimum atomic E-state index is -0.770. The van der Waals surface area contributed by atoms with Crippen molar-refractivity contribution in [3.63, 3.8) is 0 Å². The molecule has 8 atom stereocenters. The van der Waals surface area contributed by atoms with E-state index in [1.807, 2.05) is 77.1 Å². The van der Waals surface area contributed by atoms with Crippen LogP contribution in [0.2, 0.25) is 0 Å². The Morgan fingerprint density at radius 1 is 0.747 bits per heavy atom. The number of carbonyl (C=O) groups excluding carboxylic acids is 4.